The highest BCUT2D eigenvalue weighted by Gasteiger charge is 2.16. The van der Waals surface area contributed by atoms with Crippen LogP contribution in [0.15, 0.2) is 34.1 Å². The van der Waals surface area contributed by atoms with Crippen molar-refractivity contribution in [3.63, 3.8) is 0 Å². The first-order chi connectivity index (χ1) is 9.70. The average molecular weight is 353 g/mol. The molecule has 0 saturated carbocycles. The van der Waals surface area contributed by atoms with E-state index in [0.29, 0.717) is 5.92 Å². The van der Waals surface area contributed by atoms with Gasteiger partial charge in [-0.1, -0.05) is 41.1 Å². The van der Waals surface area contributed by atoms with Gasteiger partial charge in [-0.2, -0.15) is 0 Å². The molecule has 2 rings (SSSR count). The Morgan fingerprint density at radius 1 is 1.35 bits per heavy atom. The number of benzene rings is 1. The molecule has 4 heteroatoms. The van der Waals surface area contributed by atoms with E-state index >= 15 is 0 Å². The molecule has 108 valence electrons. The first kappa shape index (κ1) is 15.7. The number of halogens is 1. The number of thiazole rings is 1. The van der Waals surface area contributed by atoms with Gasteiger partial charge < -0.3 is 5.32 Å². The molecule has 0 spiro atoms. The molecule has 1 aromatic heterocycles. The van der Waals surface area contributed by atoms with E-state index < -0.39 is 0 Å². The summed E-state index contributed by atoms with van der Waals surface area (Å²) in [6, 6.07) is 8.51. The molecule has 0 bridgehead atoms. The zero-order valence-electron chi connectivity index (χ0n) is 12.0. The number of hydrogen-bond donors (Lipinski definition) is 1. The van der Waals surface area contributed by atoms with Crippen LogP contribution in [0.3, 0.4) is 0 Å². The van der Waals surface area contributed by atoms with E-state index in [1.54, 1.807) is 11.3 Å². The molecule has 1 unspecified atom stereocenters. The number of aryl methyl sites for hydroxylation is 1. The van der Waals surface area contributed by atoms with Crippen LogP contribution in [0.2, 0.25) is 0 Å². The van der Waals surface area contributed by atoms with Gasteiger partial charge in [0.15, 0.2) is 0 Å². The summed E-state index contributed by atoms with van der Waals surface area (Å²) >= 11 is 5.41. The van der Waals surface area contributed by atoms with Gasteiger partial charge in [-0.25, -0.2) is 4.98 Å². The predicted molar refractivity (Wildman–Crippen MR) is 90.6 cm³/mol. The molecular formula is C16H21BrN2S. The van der Waals surface area contributed by atoms with Crippen LogP contribution in [0, 0.1) is 6.92 Å². The summed E-state index contributed by atoms with van der Waals surface area (Å²) in [4.78, 5) is 4.61. The molecule has 0 radical (unpaired) electrons. The molecule has 0 aliphatic carbocycles. The minimum Gasteiger partial charge on any atom is -0.316 e. The normalized spacial score (nSPS) is 12.6. The molecule has 2 aromatic rings. The average Bonchev–Trinajstić information content (AvgIpc) is 2.84. The lowest BCUT2D eigenvalue weighted by atomic mass is 9.94. The van der Waals surface area contributed by atoms with Crippen LogP contribution in [0.4, 0.5) is 0 Å². The van der Waals surface area contributed by atoms with Crippen LogP contribution in [0.5, 0.6) is 0 Å². The number of nitrogens with one attached hydrogen (secondary N) is 1. The van der Waals surface area contributed by atoms with Gasteiger partial charge in [0.1, 0.15) is 0 Å². The molecule has 0 fully saturated rings. The van der Waals surface area contributed by atoms with E-state index in [1.807, 2.05) is 0 Å². The third-order valence-electron chi connectivity index (χ3n) is 3.28. The van der Waals surface area contributed by atoms with Gasteiger partial charge in [-0.3, -0.25) is 0 Å². The fraction of sp³-hybridized carbons (Fsp3) is 0.438. The lowest BCUT2D eigenvalue weighted by Crippen LogP contribution is -2.24. The molecule has 0 aliphatic heterocycles. The van der Waals surface area contributed by atoms with Crippen LogP contribution in [0.1, 0.15) is 35.5 Å². The zero-order valence-corrected chi connectivity index (χ0v) is 14.4. The Bertz CT molecular complexity index is 539. The third-order valence-corrected chi connectivity index (χ3v) is 4.83. The van der Waals surface area contributed by atoms with Gasteiger partial charge in [-0.15, -0.1) is 11.3 Å². The number of aromatic nitrogens is 1. The minimum absolute atomic E-state index is 0.457. The molecule has 1 N–H and O–H groups in total. The fourth-order valence-corrected chi connectivity index (χ4v) is 3.54. The number of rotatable bonds is 7. The standard InChI is InChI=1S/C16H21BrN2S/c1-3-8-18-10-13(9-14-11-20-12(2)19-14)15-6-4-5-7-16(15)17/h4-7,11,13,18H,3,8-10H2,1-2H3. The lowest BCUT2D eigenvalue weighted by Gasteiger charge is -2.18. The number of nitrogens with zero attached hydrogens (tertiary/aromatic N) is 1. The number of hydrogen-bond acceptors (Lipinski definition) is 3. The Kier molecular flexibility index (Phi) is 6.20. The van der Waals surface area contributed by atoms with Crippen LogP contribution in [-0.4, -0.2) is 18.1 Å². The largest absolute Gasteiger partial charge is 0.316 e. The second-order valence-corrected chi connectivity index (χ2v) is 6.90. The smallest absolute Gasteiger partial charge is 0.0897 e. The second kappa shape index (κ2) is 7.91. The van der Waals surface area contributed by atoms with Crippen molar-refractivity contribution in [1.82, 2.24) is 10.3 Å². The molecule has 0 saturated heterocycles. The van der Waals surface area contributed by atoms with E-state index in [1.165, 1.54) is 22.2 Å². The fourth-order valence-electron chi connectivity index (χ4n) is 2.31. The Balaban J connectivity index is 2.13. The predicted octanol–water partition coefficient (Wildman–Crippen LogP) is 4.54. The molecule has 2 nitrogen and oxygen atoms in total. The Labute approximate surface area is 133 Å². The molecule has 0 amide bonds. The summed E-state index contributed by atoms with van der Waals surface area (Å²) in [5.41, 5.74) is 2.56. The summed E-state index contributed by atoms with van der Waals surface area (Å²) < 4.78 is 1.19. The Hall–Kier alpha value is -0.710. The molecule has 20 heavy (non-hydrogen) atoms. The maximum Gasteiger partial charge on any atom is 0.0897 e. The van der Waals surface area contributed by atoms with Crippen LogP contribution in [-0.2, 0) is 6.42 Å². The van der Waals surface area contributed by atoms with E-state index in [0.717, 1.165) is 24.5 Å². The van der Waals surface area contributed by atoms with Crippen molar-refractivity contribution in [2.75, 3.05) is 13.1 Å². The minimum atomic E-state index is 0.457. The van der Waals surface area contributed by atoms with Crippen molar-refractivity contribution >= 4 is 27.3 Å². The molecular weight excluding hydrogens is 332 g/mol. The van der Waals surface area contributed by atoms with Crippen LogP contribution >= 0.6 is 27.3 Å². The Morgan fingerprint density at radius 3 is 2.80 bits per heavy atom. The van der Waals surface area contributed by atoms with Crippen molar-refractivity contribution in [2.24, 2.45) is 0 Å². The monoisotopic (exact) mass is 352 g/mol. The topological polar surface area (TPSA) is 24.9 Å². The quantitative estimate of drug-likeness (QED) is 0.739. The molecule has 1 heterocycles. The van der Waals surface area contributed by atoms with E-state index in [9.17, 15) is 0 Å². The Morgan fingerprint density at radius 2 is 2.15 bits per heavy atom. The molecule has 0 aliphatic rings. The molecule has 1 aromatic carbocycles. The maximum atomic E-state index is 4.61. The van der Waals surface area contributed by atoms with Gasteiger partial charge in [0.05, 0.1) is 10.7 Å². The highest BCUT2D eigenvalue weighted by molar-refractivity contribution is 9.10. The first-order valence-electron chi connectivity index (χ1n) is 7.06. The van der Waals surface area contributed by atoms with Crippen molar-refractivity contribution in [3.05, 3.63) is 50.4 Å². The van der Waals surface area contributed by atoms with Crippen molar-refractivity contribution < 1.29 is 0 Å². The summed E-state index contributed by atoms with van der Waals surface area (Å²) in [6.07, 6.45) is 2.15. The van der Waals surface area contributed by atoms with Crippen molar-refractivity contribution in [1.29, 1.82) is 0 Å². The summed E-state index contributed by atoms with van der Waals surface area (Å²) in [7, 11) is 0. The van der Waals surface area contributed by atoms with Crippen LogP contribution < -0.4 is 5.32 Å². The van der Waals surface area contributed by atoms with Gasteiger partial charge in [-0.05, 0) is 37.9 Å². The van der Waals surface area contributed by atoms with Gasteiger partial charge >= 0.3 is 0 Å². The highest BCUT2D eigenvalue weighted by atomic mass is 79.9. The van der Waals surface area contributed by atoms with Gasteiger partial charge in [0.2, 0.25) is 0 Å². The first-order valence-corrected chi connectivity index (χ1v) is 8.74. The summed E-state index contributed by atoms with van der Waals surface area (Å²) in [6.45, 7) is 6.32. The molecule has 1 atom stereocenters. The van der Waals surface area contributed by atoms with Crippen LogP contribution in [0.25, 0.3) is 0 Å². The van der Waals surface area contributed by atoms with E-state index in [-0.39, 0.29) is 0 Å². The summed E-state index contributed by atoms with van der Waals surface area (Å²) in [5, 5.41) is 6.87. The van der Waals surface area contributed by atoms with Crippen molar-refractivity contribution in [3.8, 4) is 0 Å². The maximum absolute atomic E-state index is 4.61. The van der Waals surface area contributed by atoms with Gasteiger partial charge in [0.25, 0.3) is 0 Å². The zero-order chi connectivity index (χ0) is 14.4. The van der Waals surface area contributed by atoms with Crippen molar-refractivity contribution in [2.45, 2.75) is 32.6 Å². The van der Waals surface area contributed by atoms with Gasteiger partial charge in [0, 0.05) is 22.3 Å². The van der Waals surface area contributed by atoms with E-state index in [2.05, 4.69) is 69.7 Å². The second-order valence-electron chi connectivity index (χ2n) is 4.98. The van der Waals surface area contributed by atoms with E-state index in [4.69, 9.17) is 0 Å². The lowest BCUT2D eigenvalue weighted by molar-refractivity contribution is 0.571. The third kappa shape index (κ3) is 4.40. The SMILES string of the molecule is CCCNCC(Cc1csc(C)n1)c1ccccc1Br. The highest BCUT2D eigenvalue weighted by Crippen LogP contribution is 2.27. The summed E-state index contributed by atoms with van der Waals surface area (Å²) in [5.74, 6) is 0.457.